The molecule has 3 aromatic rings. The summed E-state index contributed by atoms with van der Waals surface area (Å²) in [5.74, 6) is -0.181. The predicted octanol–water partition coefficient (Wildman–Crippen LogP) is 6.36. The molecule has 2 aliphatic rings. The van der Waals surface area contributed by atoms with Crippen LogP contribution in [0.3, 0.4) is 0 Å². The summed E-state index contributed by atoms with van der Waals surface area (Å²) in [5.41, 5.74) is 6.51. The number of rotatable bonds is 13. The Bertz CT molecular complexity index is 1690. The van der Waals surface area contributed by atoms with Crippen LogP contribution in [-0.2, 0) is 25.7 Å². The Labute approximate surface area is 292 Å². The lowest BCUT2D eigenvalue weighted by molar-refractivity contribution is -0.154. The van der Waals surface area contributed by atoms with E-state index in [4.69, 9.17) is 14.7 Å². The van der Waals surface area contributed by atoms with Crippen molar-refractivity contribution in [3.8, 4) is 5.75 Å². The monoisotopic (exact) mass is 682 g/mol. The van der Waals surface area contributed by atoms with Gasteiger partial charge in [0.2, 0.25) is 11.8 Å². The molecular weight excluding hydrogens is 636 g/mol. The number of unbranched alkanes of at least 4 members (excludes halogenated alkanes) is 3. The summed E-state index contributed by atoms with van der Waals surface area (Å²) in [6, 6.07) is 18.7. The van der Waals surface area contributed by atoms with Gasteiger partial charge in [0.05, 0.1) is 18.9 Å². The lowest BCUT2D eigenvalue weighted by Gasteiger charge is -2.33. The van der Waals surface area contributed by atoms with Crippen LogP contribution in [0.4, 0.5) is 0 Å². The molecule has 0 aromatic heterocycles. The highest BCUT2D eigenvalue weighted by Crippen LogP contribution is 2.31. The number of hydroxylamine groups is 1. The fraction of sp³-hybridized carbons (Fsp3) is 0.410. The normalized spacial score (nSPS) is 18.9. The quantitative estimate of drug-likeness (QED) is 0.0475. The number of carbonyl (C=O) groups is 4. The Hall–Kier alpha value is -5.03. The van der Waals surface area contributed by atoms with Gasteiger partial charge in [-0.1, -0.05) is 73.5 Å². The van der Waals surface area contributed by atoms with Crippen molar-refractivity contribution in [3.05, 3.63) is 89.5 Å². The number of amides is 3. The molecule has 2 atom stereocenters. The van der Waals surface area contributed by atoms with Crippen molar-refractivity contribution in [1.82, 2.24) is 15.8 Å². The number of hydrogen-bond acceptors (Lipinski definition) is 8. The average molecular weight is 683 g/mol. The van der Waals surface area contributed by atoms with Crippen LogP contribution in [0.1, 0.15) is 98.5 Å². The molecule has 11 heteroatoms. The molecule has 3 N–H and O–H groups in total. The molecule has 1 aliphatic heterocycles. The smallest absolute Gasteiger partial charge is 0.306 e. The first-order valence-electron chi connectivity index (χ1n) is 17.6. The third kappa shape index (κ3) is 10.2. The summed E-state index contributed by atoms with van der Waals surface area (Å²) in [7, 11) is 0. The molecule has 0 bridgehead atoms. The predicted molar refractivity (Wildman–Crippen MR) is 190 cm³/mol. The second-order valence-electron chi connectivity index (χ2n) is 12.7. The van der Waals surface area contributed by atoms with Crippen molar-refractivity contribution < 1.29 is 33.9 Å². The molecule has 5 rings (SSSR count). The Morgan fingerprint density at radius 1 is 0.920 bits per heavy atom. The summed E-state index contributed by atoms with van der Waals surface area (Å²) in [4.78, 5) is 51.9. The summed E-state index contributed by atoms with van der Waals surface area (Å²) in [6.45, 7) is 0.932. The van der Waals surface area contributed by atoms with Crippen LogP contribution in [-0.4, -0.2) is 58.8 Å². The maximum absolute atomic E-state index is 13.3. The van der Waals surface area contributed by atoms with Crippen LogP contribution in [0.15, 0.2) is 77.9 Å². The molecule has 0 spiro atoms. The van der Waals surface area contributed by atoms with E-state index in [0.717, 1.165) is 60.4 Å². The van der Waals surface area contributed by atoms with E-state index in [9.17, 15) is 19.2 Å². The molecule has 11 nitrogen and oxygen atoms in total. The standard InChI is InChI=1S/C39H46N4O7/c44-36(42-48)16-5-3-4-10-25-49-34-24-23-32(30-12-8-9-13-31(30)34)39(47)41-40-26-28-19-21-29(22-20-28)27-43-33-14-11-15-35(33)50-38(46)18-7-2-1-6-17-37(43)45/h1-2,8-9,12-13,19-24,26,33,35,48H,3-7,10-11,14-18,25,27H2,(H,41,47)(H,42,44)/b2-1+,40-26+/t33-,35-/m0/s1. The Kier molecular flexibility index (Phi) is 13.5. The molecule has 0 unspecified atom stereocenters. The molecule has 264 valence electrons. The van der Waals surface area contributed by atoms with Crippen LogP contribution >= 0.6 is 0 Å². The zero-order valence-electron chi connectivity index (χ0n) is 28.4. The van der Waals surface area contributed by atoms with Gasteiger partial charge in [0.15, 0.2) is 0 Å². The Morgan fingerprint density at radius 2 is 1.68 bits per heavy atom. The highest BCUT2D eigenvalue weighted by atomic mass is 16.5. The minimum atomic E-state index is -0.376. The van der Waals surface area contributed by atoms with Crippen LogP contribution < -0.4 is 15.6 Å². The van der Waals surface area contributed by atoms with Crippen molar-refractivity contribution in [1.29, 1.82) is 0 Å². The highest BCUT2D eigenvalue weighted by molar-refractivity contribution is 6.08. The van der Waals surface area contributed by atoms with Gasteiger partial charge < -0.3 is 14.4 Å². The van der Waals surface area contributed by atoms with Gasteiger partial charge in [0.25, 0.3) is 5.91 Å². The first-order chi connectivity index (χ1) is 24.4. The number of allylic oxidation sites excluding steroid dienone is 2. The summed E-state index contributed by atoms with van der Waals surface area (Å²) in [5, 5.41) is 14.4. The van der Waals surface area contributed by atoms with Crippen molar-refractivity contribution >= 4 is 40.7 Å². The minimum Gasteiger partial charge on any atom is -0.493 e. The van der Waals surface area contributed by atoms with E-state index in [2.05, 4.69) is 10.5 Å². The van der Waals surface area contributed by atoms with Gasteiger partial charge in [-0.05, 0) is 73.6 Å². The van der Waals surface area contributed by atoms with Gasteiger partial charge in [-0.15, -0.1) is 0 Å². The maximum atomic E-state index is 13.3. The van der Waals surface area contributed by atoms with Gasteiger partial charge in [-0.2, -0.15) is 5.10 Å². The van der Waals surface area contributed by atoms with Gasteiger partial charge in [-0.25, -0.2) is 10.9 Å². The highest BCUT2D eigenvalue weighted by Gasteiger charge is 2.37. The fourth-order valence-corrected chi connectivity index (χ4v) is 6.51. The van der Waals surface area contributed by atoms with Crippen molar-refractivity contribution in [3.63, 3.8) is 0 Å². The number of esters is 1. The lowest BCUT2D eigenvalue weighted by Crippen LogP contribution is -2.45. The Morgan fingerprint density at radius 3 is 2.48 bits per heavy atom. The van der Waals surface area contributed by atoms with Crippen LogP contribution in [0.2, 0.25) is 0 Å². The van der Waals surface area contributed by atoms with Gasteiger partial charge >= 0.3 is 5.97 Å². The van der Waals surface area contributed by atoms with Crippen LogP contribution in [0.5, 0.6) is 5.75 Å². The maximum Gasteiger partial charge on any atom is 0.306 e. The van der Waals surface area contributed by atoms with Crippen molar-refractivity contribution in [2.24, 2.45) is 5.10 Å². The molecule has 3 amide bonds. The fourth-order valence-electron chi connectivity index (χ4n) is 6.51. The summed E-state index contributed by atoms with van der Waals surface area (Å²) < 4.78 is 11.8. The number of hydrogen-bond donors (Lipinski definition) is 3. The molecule has 0 saturated heterocycles. The molecule has 3 aromatic carbocycles. The summed E-state index contributed by atoms with van der Waals surface area (Å²) >= 11 is 0. The van der Waals surface area contributed by atoms with Crippen LogP contribution in [0.25, 0.3) is 10.8 Å². The zero-order chi connectivity index (χ0) is 35.1. The third-order valence-corrected chi connectivity index (χ3v) is 9.15. The number of ether oxygens (including phenoxy) is 2. The average Bonchev–Trinajstić information content (AvgIpc) is 3.58. The second-order valence-corrected chi connectivity index (χ2v) is 12.7. The number of fused-ring (bicyclic) bond motifs is 2. The van der Waals surface area contributed by atoms with E-state index in [1.165, 1.54) is 0 Å². The van der Waals surface area contributed by atoms with E-state index in [1.54, 1.807) is 23.8 Å². The van der Waals surface area contributed by atoms with Crippen molar-refractivity contribution in [2.45, 2.75) is 95.7 Å². The minimum absolute atomic E-state index is 0.0580. The van der Waals surface area contributed by atoms with E-state index < -0.39 is 0 Å². The zero-order valence-corrected chi connectivity index (χ0v) is 28.4. The molecular formula is C39H46N4O7. The number of nitrogens with one attached hydrogen (secondary N) is 2. The number of hydrazone groups is 1. The van der Waals surface area contributed by atoms with E-state index in [-0.39, 0.29) is 35.8 Å². The number of benzene rings is 3. The largest absolute Gasteiger partial charge is 0.493 e. The van der Waals surface area contributed by atoms with E-state index in [0.29, 0.717) is 63.0 Å². The molecule has 1 heterocycles. The van der Waals surface area contributed by atoms with Crippen molar-refractivity contribution in [2.75, 3.05) is 6.61 Å². The molecule has 0 radical (unpaired) electrons. The third-order valence-electron chi connectivity index (χ3n) is 9.15. The molecule has 50 heavy (non-hydrogen) atoms. The van der Waals surface area contributed by atoms with E-state index in [1.807, 2.05) is 65.6 Å². The van der Waals surface area contributed by atoms with Gasteiger partial charge in [-0.3, -0.25) is 24.4 Å². The molecule has 1 saturated carbocycles. The number of carbonyl (C=O) groups excluding carboxylic acids is 4. The lowest BCUT2D eigenvalue weighted by atomic mass is 10.0. The van der Waals surface area contributed by atoms with Gasteiger partial charge in [0.1, 0.15) is 11.9 Å². The topological polar surface area (TPSA) is 147 Å². The first kappa shape index (κ1) is 36.3. The molecule has 1 aliphatic carbocycles. The molecule has 1 fully saturated rings. The Balaban J connectivity index is 1.16. The number of nitrogens with zero attached hydrogens (tertiary/aromatic N) is 2. The first-order valence-corrected chi connectivity index (χ1v) is 17.6. The SMILES string of the molecule is O=C(CCCCCCOc1ccc(C(=O)N/N=C/c2ccc(CN3C(=O)CC/C=C/CCC(=O)O[C@H]4CCC[C@@H]43)cc2)c2ccccc12)NO. The second kappa shape index (κ2) is 18.7. The van der Waals surface area contributed by atoms with E-state index >= 15 is 0 Å². The van der Waals surface area contributed by atoms with Gasteiger partial charge in [0, 0.05) is 36.8 Å². The summed E-state index contributed by atoms with van der Waals surface area (Å²) in [6.07, 6.45) is 13.3. The van der Waals surface area contributed by atoms with Crippen LogP contribution in [0, 0.1) is 0 Å².